The van der Waals surface area contributed by atoms with Crippen molar-refractivity contribution in [3.8, 4) is 0 Å². The van der Waals surface area contributed by atoms with Crippen LogP contribution in [-0.2, 0) is 4.99 Å². The van der Waals surface area contributed by atoms with E-state index in [1.165, 1.54) is 18.2 Å². The van der Waals surface area contributed by atoms with Crippen LogP contribution in [0.25, 0.3) is 0 Å². The van der Waals surface area contributed by atoms with Crippen molar-refractivity contribution in [3.05, 3.63) is 52.6 Å². The topological polar surface area (TPSA) is 113 Å². The van der Waals surface area contributed by atoms with Crippen LogP contribution in [0.4, 0.5) is 28.4 Å². The van der Waals surface area contributed by atoms with Crippen LogP contribution >= 0.6 is 0 Å². The van der Waals surface area contributed by atoms with Crippen molar-refractivity contribution in [2.24, 2.45) is 10.2 Å². The first-order valence-electron chi connectivity index (χ1n) is 7.70. The standard InChI is InChI=1S/C16H19N5O4/c1-3-20(4-2)14-8-5-12(6-9-14)17-18-15-10-7-13(19-25-24)11-16(15)21(22)23/h5-11,19,24H,3-4H2,1-2H3. The maximum atomic E-state index is 11.1. The SMILES string of the molecule is CCN(CC)c1ccc(N=Nc2ccc(NOO)cc2[N+](=O)[O-])cc1. The van der Waals surface area contributed by atoms with Gasteiger partial charge in [-0.15, -0.1) is 10.1 Å². The van der Waals surface area contributed by atoms with E-state index in [-0.39, 0.29) is 17.1 Å². The lowest BCUT2D eigenvalue weighted by Gasteiger charge is -2.20. The molecular weight excluding hydrogens is 326 g/mol. The fourth-order valence-corrected chi connectivity index (χ4v) is 2.30. The van der Waals surface area contributed by atoms with Crippen LogP contribution in [0.1, 0.15) is 13.8 Å². The third-order valence-electron chi connectivity index (χ3n) is 3.59. The Morgan fingerprint density at radius 2 is 1.84 bits per heavy atom. The highest BCUT2D eigenvalue weighted by molar-refractivity contribution is 5.64. The lowest BCUT2D eigenvalue weighted by atomic mass is 10.2. The summed E-state index contributed by atoms with van der Waals surface area (Å²) in [5.41, 5.74) is 3.83. The average molecular weight is 345 g/mol. The zero-order chi connectivity index (χ0) is 18.2. The van der Waals surface area contributed by atoms with Crippen molar-refractivity contribution in [2.75, 3.05) is 23.5 Å². The molecule has 132 valence electrons. The summed E-state index contributed by atoms with van der Waals surface area (Å²) in [7, 11) is 0. The van der Waals surface area contributed by atoms with Gasteiger partial charge in [-0.05, 0) is 50.2 Å². The van der Waals surface area contributed by atoms with E-state index >= 15 is 0 Å². The Labute approximate surface area is 144 Å². The molecule has 0 heterocycles. The monoisotopic (exact) mass is 345 g/mol. The van der Waals surface area contributed by atoms with E-state index in [0.717, 1.165) is 18.8 Å². The Kier molecular flexibility index (Phi) is 6.38. The van der Waals surface area contributed by atoms with Crippen LogP contribution in [0.15, 0.2) is 52.7 Å². The van der Waals surface area contributed by atoms with Crippen molar-refractivity contribution in [3.63, 3.8) is 0 Å². The van der Waals surface area contributed by atoms with Gasteiger partial charge in [0.1, 0.15) is 0 Å². The number of nitro benzene ring substituents is 1. The highest BCUT2D eigenvalue weighted by Crippen LogP contribution is 2.32. The molecule has 0 radical (unpaired) electrons. The van der Waals surface area contributed by atoms with Gasteiger partial charge in [-0.1, -0.05) is 0 Å². The average Bonchev–Trinajstić information content (AvgIpc) is 2.63. The van der Waals surface area contributed by atoms with E-state index in [1.54, 1.807) is 12.1 Å². The smallest absolute Gasteiger partial charge is 0.298 e. The molecular formula is C16H19N5O4. The van der Waals surface area contributed by atoms with Crippen LogP contribution in [0.3, 0.4) is 0 Å². The van der Waals surface area contributed by atoms with Gasteiger partial charge in [0.2, 0.25) is 0 Å². The predicted octanol–water partition coefficient (Wildman–Crippen LogP) is 4.67. The largest absolute Gasteiger partial charge is 0.372 e. The molecule has 2 aromatic rings. The molecule has 0 saturated heterocycles. The number of azo groups is 1. The van der Waals surface area contributed by atoms with E-state index in [1.807, 2.05) is 12.1 Å². The van der Waals surface area contributed by atoms with E-state index in [4.69, 9.17) is 5.26 Å². The molecule has 0 aliphatic heterocycles. The van der Waals surface area contributed by atoms with Gasteiger partial charge in [0.05, 0.1) is 16.3 Å². The molecule has 0 atom stereocenters. The van der Waals surface area contributed by atoms with Crippen molar-refractivity contribution in [1.29, 1.82) is 0 Å². The van der Waals surface area contributed by atoms with Crippen LogP contribution < -0.4 is 10.4 Å². The molecule has 0 aliphatic carbocycles. The summed E-state index contributed by atoms with van der Waals surface area (Å²) in [6.07, 6.45) is 0. The maximum Gasteiger partial charge on any atom is 0.298 e. The van der Waals surface area contributed by atoms with Gasteiger partial charge < -0.3 is 4.90 Å². The van der Waals surface area contributed by atoms with Gasteiger partial charge in [-0.25, -0.2) is 10.7 Å². The first kappa shape index (κ1) is 18.3. The second-order valence-corrected chi connectivity index (χ2v) is 5.04. The first-order chi connectivity index (χ1) is 12.1. The van der Waals surface area contributed by atoms with Crippen molar-refractivity contribution in [2.45, 2.75) is 13.8 Å². The molecule has 9 nitrogen and oxygen atoms in total. The second-order valence-electron chi connectivity index (χ2n) is 5.04. The summed E-state index contributed by atoms with van der Waals surface area (Å²) in [6, 6.07) is 11.5. The molecule has 0 spiro atoms. The van der Waals surface area contributed by atoms with Crippen LogP contribution in [0.2, 0.25) is 0 Å². The van der Waals surface area contributed by atoms with E-state index < -0.39 is 4.92 Å². The predicted molar refractivity (Wildman–Crippen MR) is 94.6 cm³/mol. The number of benzene rings is 2. The van der Waals surface area contributed by atoms with Gasteiger partial charge in [-0.3, -0.25) is 10.1 Å². The summed E-state index contributed by atoms with van der Waals surface area (Å²) in [4.78, 5) is 16.5. The molecule has 0 bridgehead atoms. The molecule has 0 amide bonds. The quantitative estimate of drug-likeness (QED) is 0.311. The van der Waals surface area contributed by atoms with E-state index in [2.05, 4.69) is 39.4 Å². The summed E-state index contributed by atoms with van der Waals surface area (Å²) in [5, 5.41) is 27.5. The molecule has 0 aliphatic rings. The molecule has 0 fully saturated rings. The number of rotatable bonds is 8. The number of nitro groups is 1. The zero-order valence-electron chi connectivity index (χ0n) is 13.9. The minimum atomic E-state index is -0.583. The highest BCUT2D eigenvalue weighted by Gasteiger charge is 2.14. The van der Waals surface area contributed by atoms with Crippen molar-refractivity contribution in [1.82, 2.24) is 0 Å². The second kappa shape index (κ2) is 8.71. The summed E-state index contributed by atoms with van der Waals surface area (Å²) < 4.78 is 0. The molecule has 2 rings (SSSR count). The Bertz CT molecular complexity index is 745. The fraction of sp³-hybridized carbons (Fsp3) is 0.250. The summed E-state index contributed by atoms with van der Waals surface area (Å²) in [5.74, 6) is 0. The number of nitrogens with zero attached hydrogens (tertiary/aromatic N) is 4. The number of hydrogen-bond acceptors (Lipinski definition) is 8. The maximum absolute atomic E-state index is 11.1. The number of nitrogens with one attached hydrogen (secondary N) is 1. The van der Waals surface area contributed by atoms with Gasteiger partial charge in [0.15, 0.2) is 5.69 Å². The van der Waals surface area contributed by atoms with Crippen LogP contribution in [-0.4, -0.2) is 23.3 Å². The Hall–Kier alpha value is -3.04. The Morgan fingerprint density at radius 1 is 1.16 bits per heavy atom. The molecule has 2 aromatic carbocycles. The number of anilines is 2. The molecule has 9 heteroatoms. The van der Waals surface area contributed by atoms with Gasteiger partial charge in [0, 0.05) is 24.8 Å². The van der Waals surface area contributed by atoms with Crippen LogP contribution in [0.5, 0.6) is 0 Å². The third kappa shape index (κ3) is 4.72. The fourth-order valence-electron chi connectivity index (χ4n) is 2.30. The van der Waals surface area contributed by atoms with E-state index in [9.17, 15) is 10.1 Å². The number of hydrogen-bond donors (Lipinski definition) is 2. The zero-order valence-corrected chi connectivity index (χ0v) is 13.9. The van der Waals surface area contributed by atoms with Crippen molar-refractivity contribution < 1.29 is 15.2 Å². The first-order valence-corrected chi connectivity index (χ1v) is 7.70. The lowest BCUT2D eigenvalue weighted by molar-refractivity contribution is -0.384. The van der Waals surface area contributed by atoms with Crippen LogP contribution in [0, 0.1) is 10.1 Å². The summed E-state index contributed by atoms with van der Waals surface area (Å²) in [6.45, 7) is 5.97. The highest BCUT2D eigenvalue weighted by atomic mass is 17.2. The molecule has 0 saturated carbocycles. The molecule has 0 aromatic heterocycles. The van der Waals surface area contributed by atoms with Gasteiger partial charge >= 0.3 is 0 Å². The minimum Gasteiger partial charge on any atom is -0.372 e. The summed E-state index contributed by atoms with van der Waals surface area (Å²) >= 11 is 0. The molecule has 2 N–H and O–H groups in total. The molecule has 0 unspecified atom stereocenters. The normalized spacial score (nSPS) is 10.8. The Balaban J connectivity index is 2.22. The Morgan fingerprint density at radius 3 is 2.40 bits per heavy atom. The third-order valence-corrected chi connectivity index (χ3v) is 3.59. The molecule has 25 heavy (non-hydrogen) atoms. The lowest BCUT2D eigenvalue weighted by Crippen LogP contribution is -2.21. The minimum absolute atomic E-state index is 0.0984. The van der Waals surface area contributed by atoms with Gasteiger partial charge in [0.25, 0.3) is 5.69 Å². The van der Waals surface area contributed by atoms with Crippen molar-refractivity contribution >= 4 is 28.4 Å². The van der Waals surface area contributed by atoms with E-state index in [0.29, 0.717) is 5.69 Å². The van der Waals surface area contributed by atoms with Gasteiger partial charge in [-0.2, -0.15) is 5.11 Å².